The van der Waals surface area contributed by atoms with Crippen molar-refractivity contribution < 1.29 is 8.42 Å². The van der Waals surface area contributed by atoms with Gasteiger partial charge in [0.1, 0.15) is 0 Å². The molecule has 0 bridgehead atoms. The maximum Gasteiger partial charge on any atom is 0.254 e. The number of hydrogen-bond donors (Lipinski definition) is 3. The third-order valence-corrected chi connectivity index (χ3v) is 1.78. The Hall–Kier alpha value is -0.750. The fraction of sp³-hybridized carbons (Fsp3) is 0.333. The van der Waals surface area contributed by atoms with Gasteiger partial charge in [0.05, 0.1) is 6.67 Å². The van der Waals surface area contributed by atoms with E-state index in [1.165, 1.54) is 6.20 Å². The molecule has 9 heavy (non-hydrogen) atoms. The summed E-state index contributed by atoms with van der Waals surface area (Å²) in [6, 6.07) is 0. The molecule has 6 heteroatoms. The third kappa shape index (κ3) is 1.33. The lowest BCUT2D eigenvalue weighted by Crippen LogP contribution is -2.23. The van der Waals surface area contributed by atoms with Gasteiger partial charge in [-0.15, -0.1) is 0 Å². The van der Waals surface area contributed by atoms with Crippen molar-refractivity contribution in [3.8, 4) is 0 Å². The van der Waals surface area contributed by atoms with Crippen LogP contribution < -0.4 is 15.8 Å². The summed E-state index contributed by atoms with van der Waals surface area (Å²) in [5, 5.41) is 9.97. The molecule has 4 N–H and O–H groups in total. The second-order valence-corrected chi connectivity index (χ2v) is 3.14. The van der Waals surface area contributed by atoms with E-state index in [-0.39, 0.29) is 5.03 Å². The summed E-state index contributed by atoms with van der Waals surface area (Å²) in [6.07, 6.45) is 1.33. The van der Waals surface area contributed by atoms with Crippen molar-refractivity contribution in [2.24, 2.45) is 5.14 Å². The number of sulfonamides is 1. The summed E-state index contributed by atoms with van der Waals surface area (Å²) in [6.45, 7) is 0.422. The van der Waals surface area contributed by atoms with E-state index >= 15 is 0 Å². The highest BCUT2D eigenvalue weighted by Gasteiger charge is 2.13. The van der Waals surface area contributed by atoms with Crippen molar-refractivity contribution in [3.63, 3.8) is 0 Å². The summed E-state index contributed by atoms with van der Waals surface area (Å²) in [4.78, 5) is 0. The van der Waals surface area contributed by atoms with E-state index in [9.17, 15) is 8.42 Å². The predicted molar refractivity (Wildman–Crippen MR) is 32.3 cm³/mol. The average molecular weight is 149 g/mol. The van der Waals surface area contributed by atoms with Crippen molar-refractivity contribution in [2.75, 3.05) is 6.67 Å². The van der Waals surface area contributed by atoms with E-state index in [4.69, 9.17) is 5.14 Å². The molecular formula is C3H7N3O2S. The van der Waals surface area contributed by atoms with E-state index < -0.39 is 10.0 Å². The molecule has 0 amide bonds. The number of primary sulfonamides is 1. The molecule has 0 fully saturated rings. The molecule has 1 aliphatic rings. The first-order chi connectivity index (χ1) is 4.11. The van der Waals surface area contributed by atoms with Crippen LogP contribution in [0.3, 0.4) is 0 Å². The number of hydrogen-bond acceptors (Lipinski definition) is 4. The SMILES string of the molecule is NS(=O)(=O)C1=CNCN1. The molecule has 5 nitrogen and oxygen atoms in total. The lowest BCUT2D eigenvalue weighted by molar-refractivity contribution is 0.600. The van der Waals surface area contributed by atoms with E-state index in [2.05, 4.69) is 10.6 Å². The molecule has 0 aromatic rings. The smallest absolute Gasteiger partial charge is 0.254 e. The lowest BCUT2D eigenvalue weighted by atomic mass is 11.0. The van der Waals surface area contributed by atoms with Gasteiger partial charge in [-0.25, -0.2) is 13.6 Å². The van der Waals surface area contributed by atoms with Gasteiger partial charge in [-0.1, -0.05) is 0 Å². The number of nitrogens with two attached hydrogens (primary N) is 1. The topological polar surface area (TPSA) is 84.2 Å². The second-order valence-electron chi connectivity index (χ2n) is 1.61. The van der Waals surface area contributed by atoms with Crippen molar-refractivity contribution in [3.05, 3.63) is 11.2 Å². The Balaban J connectivity index is 2.87. The normalized spacial score (nSPS) is 18.1. The van der Waals surface area contributed by atoms with Crippen molar-refractivity contribution in [2.45, 2.75) is 0 Å². The Morgan fingerprint density at radius 1 is 1.67 bits per heavy atom. The highest BCUT2D eigenvalue weighted by atomic mass is 32.2. The van der Waals surface area contributed by atoms with Gasteiger partial charge in [-0.2, -0.15) is 0 Å². The van der Waals surface area contributed by atoms with Crippen LogP contribution in [0, 0.1) is 0 Å². The summed E-state index contributed by atoms with van der Waals surface area (Å²) < 4.78 is 20.9. The van der Waals surface area contributed by atoms with Gasteiger partial charge in [0.2, 0.25) is 0 Å². The largest absolute Gasteiger partial charge is 0.372 e. The lowest BCUT2D eigenvalue weighted by Gasteiger charge is -1.95. The summed E-state index contributed by atoms with van der Waals surface area (Å²) in [7, 11) is -3.52. The molecule has 0 spiro atoms. The summed E-state index contributed by atoms with van der Waals surface area (Å²) >= 11 is 0. The summed E-state index contributed by atoms with van der Waals surface area (Å²) in [5.41, 5.74) is 0. The monoisotopic (exact) mass is 149 g/mol. The second kappa shape index (κ2) is 1.89. The molecule has 52 valence electrons. The van der Waals surface area contributed by atoms with Crippen LogP contribution in [0.5, 0.6) is 0 Å². The van der Waals surface area contributed by atoms with Gasteiger partial charge in [0.25, 0.3) is 10.0 Å². The minimum Gasteiger partial charge on any atom is -0.372 e. The van der Waals surface area contributed by atoms with Crippen LogP contribution in [0.25, 0.3) is 0 Å². The van der Waals surface area contributed by atoms with Crippen molar-refractivity contribution in [1.82, 2.24) is 10.6 Å². The van der Waals surface area contributed by atoms with Gasteiger partial charge in [0.15, 0.2) is 5.03 Å². The maximum atomic E-state index is 10.4. The molecule has 0 aliphatic carbocycles. The maximum absolute atomic E-state index is 10.4. The Morgan fingerprint density at radius 2 is 2.33 bits per heavy atom. The van der Waals surface area contributed by atoms with Crippen LogP contribution in [-0.2, 0) is 10.0 Å². The minimum atomic E-state index is -3.52. The standard InChI is InChI=1S/C3H7N3O2S/c4-9(7,8)3-1-5-2-6-3/h1,5-6H,2H2,(H2,4,7,8). The van der Waals surface area contributed by atoms with E-state index in [1.807, 2.05) is 0 Å². The van der Waals surface area contributed by atoms with Gasteiger partial charge < -0.3 is 10.6 Å². The van der Waals surface area contributed by atoms with Crippen LogP contribution in [-0.4, -0.2) is 15.1 Å². The first kappa shape index (κ1) is 6.37. The highest BCUT2D eigenvalue weighted by Crippen LogP contribution is 1.96. The molecule has 0 aromatic carbocycles. The Labute approximate surface area is 53.0 Å². The molecule has 0 radical (unpaired) electrons. The highest BCUT2D eigenvalue weighted by molar-refractivity contribution is 7.93. The molecule has 0 unspecified atom stereocenters. The Bertz CT molecular complexity index is 229. The van der Waals surface area contributed by atoms with Gasteiger partial charge in [0, 0.05) is 6.20 Å². The Kier molecular flexibility index (Phi) is 1.34. The first-order valence-electron chi connectivity index (χ1n) is 2.31. The van der Waals surface area contributed by atoms with Crippen molar-refractivity contribution >= 4 is 10.0 Å². The molecule has 1 aliphatic heterocycles. The molecule has 0 saturated heterocycles. The van der Waals surface area contributed by atoms with E-state index in [0.717, 1.165) is 0 Å². The minimum absolute atomic E-state index is 0.0440. The van der Waals surface area contributed by atoms with E-state index in [1.54, 1.807) is 0 Å². The number of nitrogens with one attached hydrogen (secondary N) is 2. The number of rotatable bonds is 1. The molecule has 0 saturated carbocycles. The van der Waals surface area contributed by atoms with Crippen LogP contribution in [0.15, 0.2) is 11.2 Å². The zero-order valence-electron chi connectivity index (χ0n) is 4.59. The van der Waals surface area contributed by atoms with Gasteiger partial charge in [-0.3, -0.25) is 0 Å². The zero-order chi connectivity index (χ0) is 6.91. The van der Waals surface area contributed by atoms with Crippen LogP contribution >= 0.6 is 0 Å². The zero-order valence-corrected chi connectivity index (χ0v) is 5.40. The van der Waals surface area contributed by atoms with Crippen molar-refractivity contribution in [1.29, 1.82) is 0 Å². The molecule has 0 atom stereocenters. The molecular weight excluding hydrogens is 142 g/mol. The van der Waals surface area contributed by atoms with Crippen LogP contribution in [0.2, 0.25) is 0 Å². The third-order valence-electron chi connectivity index (χ3n) is 0.904. The van der Waals surface area contributed by atoms with Crippen LogP contribution in [0.4, 0.5) is 0 Å². The molecule has 0 aromatic heterocycles. The molecule has 1 rings (SSSR count). The average Bonchev–Trinajstić information content (AvgIpc) is 2.08. The fourth-order valence-electron chi connectivity index (χ4n) is 0.516. The van der Waals surface area contributed by atoms with Gasteiger partial charge in [-0.05, 0) is 0 Å². The van der Waals surface area contributed by atoms with Gasteiger partial charge >= 0.3 is 0 Å². The molecule has 1 heterocycles. The Morgan fingerprint density at radius 3 is 2.56 bits per heavy atom. The van der Waals surface area contributed by atoms with E-state index in [0.29, 0.717) is 6.67 Å². The fourth-order valence-corrected chi connectivity index (χ4v) is 1.04. The summed E-state index contributed by atoms with van der Waals surface area (Å²) in [5.74, 6) is 0. The first-order valence-corrected chi connectivity index (χ1v) is 3.85. The van der Waals surface area contributed by atoms with Crippen LogP contribution in [0.1, 0.15) is 0 Å². The predicted octanol–water partition coefficient (Wildman–Crippen LogP) is -1.78. The quantitative estimate of drug-likeness (QED) is 0.411.